The molecule has 0 unspecified atom stereocenters. The van der Waals surface area contributed by atoms with Crippen molar-refractivity contribution in [3.8, 4) is 17.0 Å². The maximum Gasteiger partial charge on any atom is 0.117 e. The fraction of sp³-hybridized carbons (Fsp3) is 0.529. The van der Waals surface area contributed by atoms with Crippen molar-refractivity contribution in [2.24, 2.45) is 7.05 Å². The quantitative estimate of drug-likeness (QED) is 0.799. The van der Waals surface area contributed by atoms with Crippen LogP contribution >= 0.6 is 0 Å². The van der Waals surface area contributed by atoms with E-state index in [0.29, 0.717) is 6.04 Å². The molecule has 0 spiro atoms. The van der Waals surface area contributed by atoms with Gasteiger partial charge in [0.2, 0.25) is 0 Å². The number of aromatic nitrogens is 3. The summed E-state index contributed by atoms with van der Waals surface area (Å²) in [7, 11) is 4.10. The third-order valence-electron chi connectivity index (χ3n) is 4.69. The molecule has 1 aromatic carbocycles. The molecule has 0 aliphatic heterocycles. The molecule has 1 aromatic heterocycles. The highest BCUT2D eigenvalue weighted by Crippen LogP contribution is 2.24. The third-order valence-corrected chi connectivity index (χ3v) is 4.69. The van der Waals surface area contributed by atoms with Crippen molar-refractivity contribution in [2.45, 2.75) is 38.3 Å². The molecule has 0 amide bonds. The standard InChI is InChI=1S/C17H25N5O/c1-21(14-5-3-4-6-14)12-18-11-16-17(19-20-22(16)2)13-7-9-15(23)10-8-13/h7-10,14,18,23H,3-6,11-12H2,1-2H3. The van der Waals surface area contributed by atoms with Crippen molar-refractivity contribution >= 4 is 0 Å². The first kappa shape index (κ1) is 16.0. The van der Waals surface area contributed by atoms with Crippen molar-refractivity contribution in [3.63, 3.8) is 0 Å². The van der Waals surface area contributed by atoms with Crippen molar-refractivity contribution in [1.29, 1.82) is 0 Å². The number of nitrogens with one attached hydrogen (secondary N) is 1. The Morgan fingerprint density at radius 1 is 1.26 bits per heavy atom. The second-order valence-electron chi connectivity index (χ2n) is 6.34. The average Bonchev–Trinajstić information content (AvgIpc) is 3.19. The van der Waals surface area contributed by atoms with E-state index in [9.17, 15) is 5.11 Å². The maximum atomic E-state index is 9.43. The molecule has 0 saturated heterocycles. The summed E-state index contributed by atoms with van der Waals surface area (Å²) in [6.07, 6.45) is 5.33. The van der Waals surface area contributed by atoms with E-state index in [0.717, 1.165) is 30.2 Å². The van der Waals surface area contributed by atoms with Crippen LogP contribution in [0.1, 0.15) is 31.4 Å². The van der Waals surface area contributed by atoms with E-state index in [4.69, 9.17) is 0 Å². The number of hydrogen-bond acceptors (Lipinski definition) is 5. The van der Waals surface area contributed by atoms with Gasteiger partial charge in [0.15, 0.2) is 0 Å². The van der Waals surface area contributed by atoms with Gasteiger partial charge >= 0.3 is 0 Å². The molecule has 23 heavy (non-hydrogen) atoms. The van der Waals surface area contributed by atoms with Gasteiger partial charge in [-0.25, -0.2) is 0 Å². The first-order valence-corrected chi connectivity index (χ1v) is 8.24. The van der Waals surface area contributed by atoms with E-state index in [-0.39, 0.29) is 5.75 Å². The summed E-state index contributed by atoms with van der Waals surface area (Å²) in [5.41, 5.74) is 2.89. The highest BCUT2D eigenvalue weighted by molar-refractivity contribution is 5.62. The Balaban J connectivity index is 1.63. The molecule has 0 radical (unpaired) electrons. The fourth-order valence-electron chi connectivity index (χ4n) is 3.24. The zero-order chi connectivity index (χ0) is 16.2. The molecule has 2 N–H and O–H groups in total. The highest BCUT2D eigenvalue weighted by Gasteiger charge is 2.19. The summed E-state index contributed by atoms with van der Waals surface area (Å²) in [6.45, 7) is 1.58. The molecule has 2 aromatic rings. The van der Waals surface area contributed by atoms with Crippen molar-refractivity contribution in [3.05, 3.63) is 30.0 Å². The maximum absolute atomic E-state index is 9.43. The molecule has 6 heteroatoms. The fourth-order valence-corrected chi connectivity index (χ4v) is 3.24. The minimum atomic E-state index is 0.260. The number of nitrogens with zero attached hydrogens (tertiary/aromatic N) is 4. The van der Waals surface area contributed by atoms with Gasteiger partial charge in [-0.2, -0.15) is 0 Å². The van der Waals surface area contributed by atoms with Gasteiger partial charge in [0.05, 0.1) is 5.69 Å². The summed E-state index contributed by atoms with van der Waals surface area (Å²) >= 11 is 0. The Bertz CT molecular complexity index is 631. The zero-order valence-electron chi connectivity index (χ0n) is 13.9. The van der Waals surface area contributed by atoms with E-state index in [1.54, 1.807) is 12.1 Å². The first-order valence-electron chi connectivity index (χ1n) is 8.24. The van der Waals surface area contributed by atoms with Crippen LogP contribution in [0.2, 0.25) is 0 Å². The number of aromatic hydroxyl groups is 1. The molecule has 1 saturated carbocycles. The van der Waals surface area contributed by atoms with E-state index < -0.39 is 0 Å². The molecule has 124 valence electrons. The second kappa shape index (κ2) is 7.10. The third kappa shape index (κ3) is 3.71. The molecule has 0 atom stereocenters. The normalized spacial score (nSPS) is 15.6. The van der Waals surface area contributed by atoms with Gasteiger partial charge in [-0.15, -0.1) is 5.10 Å². The topological polar surface area (TPSA) is 66.2 Å². The van der Waals surface area contributed by atoms with Crippen LogP contribution in [0.4, 0.5) is 0 Å². The first-order chi connectivity index (χ1) is 11.1. The van der Waals surface area contributed by atoms with Crippen LogP contribution in [0.25, 0.3) is 11.3 Å². The Morgan fingerprint density at radius 2 is 1.96 bits per heavy atom. The minimum Gasteiger partial charge on any atom is -0.508 e. The van der Waals surface area contributed by atoms with E-state index >= 15 is 0 Å². The van der Waals surface area contributed by atoms with Gasteiger partial charge in [-0.05, 0) is 44.2 Å². The molecule has 1 heterocycles. The summed E-state index contributed by atoms with van der Waals surface area (Å²) < 4.78 is 1.81. The minimum absolute atomic E-state index is 0.260. The number of benzene rings is 1. The summed E-state index contributed by atoms with van der Waals surface area (Å²) in [4.78, 5) is 2.40. The van der Waals surface area contributed by atoms with Crippen LogP contribution in [-0.4, -0.2) is 44.8 Å². The van der Waals surface area contributed by atoms with Crippen LogP contribution in [0, 0.1) is 0 Å². The molecule has 1 aliphatic carbocycles. The van der Waals surface area contributed by atoms with Crippen LogP contribution in [-0.2, 0) is 13.6 Å². The van der Waals surface area contributed by atoms with E-state index in [1.165, 1.54) is 25.7 Å². The Hall–Kier alpha value is -1.92. The van der Waals surface area contributed by atoms with Crippen molar-refractivity contribution in [1.82, 2.24) is 25.2 Å². The summed E-state index contributed by atoms with van der Waals surface area (Å²) in [5.74, 6) is 0.260. The number of hydrogen-bond donors (Lipinski definition) is 2. The molecule has 1 aliphatic rings. The summed E-state index contributed by atoms with van der Waals surface area (Å²) in [5, 5.41) is 21.3. The van der Waals surface area contributed by atoms with Gasteiger partial charge in [0.1, 0.15) is 11.4 Å². The molecule has 1 fully saturated rings. The molecular weight excluding hydrogens is 290 g/mol. The number of phenols is 1. The van der Waals surface area contributed by atoms with Crippen molar-refractivity contribution < 1.29 is 5.11 Å². The SMILES string of the molecule is CN(CNCc1c(-c2ccc(O)cc2)nnn1C)C1CCCC1. The summed E-state index contributed by atoms with van der Waals surface area (Å²) in [6, 6.07) is 7.80. The molecule has 3 rings (SSSR count). The number of phenolic OH excluding ortho intramolecular Hbond substituents is 1. The average molecular weight is 315 g/mol. The predicted molar refractivity (Wildman–Crippen MR) is 89.8 cm³/mol. The monoisotopic (exact) mass is 315 g/mol. The van der Waals surface area contributed by atoms with Crippen LogP contribution in [0.3, 0.4) is 0 Å². The van der Waals surface area contributed by atoms with E-state index in [1.807, 2.05) is 23.9 Å². The Morgan fingerprint density at radius 3 is 2.65 bits per heavy atom. The second-order valence-corrected chi connectivity index (χ2v) is 6.34. The smallest absolute Gasteiger partial charge is 0.117 e. The van der Waals surface area contributed by atoms with Crippen molar-refractivity contribution in [2.75, 3.05) is 13.7 Å². The Labute approximate surface area is 137 Å². The van der Waals surface area contributed by atoms with Gasteiger partial charge in [-0.1, -0.05) is 18.1 Å². The highest BCUT2D eigenvalue weighted by atomic mass is 16.3. The molecular formula is C17H25N5O. The number of aryl methyl sites for hydroxylation is 1. The lowest BCUT2D eigenvalue weighted by Gasteiger charge is -2.24. The predicted octanol–water partition coefficient (Wildman–Crippen LogP) is 2.11. The van der Waals surface area contributed by atoms with Gasteiger partial charge in [-0.3, -0.25) is 14.9 Å². The largest absolute Gasteiger partial charge is 0.508 e. The van der Waals surface area contributed by atoms with Gasteiger partial charge in [0, 0.05) is 31.9 Å². The van der Waals surface area contributed by atoms with Gasteiger partial charge in [0.25, 0.3) is 0 Å². The lowest BCUT2D eigenvalue weighted by atomic mass is 10.1. The molecule has 6 nitrogen and oxygen atoms in total. The van der Waals surface area contributed by atoms with Gasteiger partial charge < -0.3 is 5.11 Å². The number of rotatable bonds is 6. The lowest BCUT2D eigenvalue weighted by molar-refractivity contribution is 0.226. The van der Waals surface area contributed by atoms with Crippen LogP contribution in [0.15, 0.2) is 24.3 Å². The lowest BCUT2D eigenvalue weighted by Crippen LogP contribution is -2.37. The zero-order valence-corrected chi connectivity index (χ0v) is 13.9. The molecule has 0 bridgehead atoms. The van der Waals surface area contributed by atoms with Crippen LogP contribution in [0.5, 0.6) is 5.75 Å². The van der Waals surface area contributed by atoms with Crippen LogP contribution < -0.4 is 5.32 Å². The van der Waals surface area contributed by atoms with E-state index in [2.05, 4.69) is 27.6 Å². The Kier molecular flexibility index (Phi) is 4.93.